The molecule has 1 heterocycles. The molecule has 2 aromatic carbocycles. The van der Waals surface area contributed by atoms with Crippen molar-refractivity contribution in [2.75, 3.05) is 0 Å². The van der Waals surface area contributed by atoms with Gasteiger partial charge < -0.3 is 4.52 Å². The molecule has 4 heteroatoms. The summed E-state index contributed by atoms with van der Waals surface area (Å²) in [6.45, 7) is 0. The van der Waals surface area contributed by atoms with Crippen molar-refractivity contribution in [2.45, 2.75) is 0 Å². The minimum Gasteiger partial charge on any atom is -0.356 e. The average molecular weight is 290 g/mol. The molecule has 0 aliphatic rings. The highest BCUT2D eigenvalue weighted by atomic mass is 35.5. The van der Waals surface area contributed by atoms with Crippen LogP contribution in [0.3, 0.4) is 0 Å². The van der Waals surface area contributed by atoms with Gasteiger partial charge in [-0.3, -0.25) is 0 Å². The van der Waals surface area contributed by atoms with Gasteiger partial charge in [-0.15, -0.1) is 0 Å². The van der Waals surface area contributed by atoms with E-state index in [0.717, 1.165) is 5.56 Å². The van der Waals surface area contributed by atoms with Gasteiger partial charge in [0.25, 0.3) is 0 Å². The predicted octanol–water partition coefficient (Wildman–Crippen LogP) is 5.32. The molecule has 0 saturated carbocycles. The summed E-state index contributed by atoms with van der Waals surface area (Å²) in [5, 5.41) is 5.15. The maximum atomic E-state index is 6.15. The van der Waals surface area contributed by atoms with Gasteiger partial charge in [-0.25, -0.2) is 0 Å². The molecule has 0 atom stereocenters. The van der Waals surface area contributed by atoms with E-state index in [1.807, 2.05) is 36.4 Å². The molecule has 0 radical (unpaired) electrons. The van der Waals surface area contributed by atoms with Gasteiger partial charge in [0.2, 0.25) is 0 Å². The fourth-order valence-electron chi connectivity index (χ4n) is 1.87. The maximum absolute atomic E-state index is 6.15. The molecule has 0 unspecified atom stereocenters. The normalized spacial score (nSPS) is 10.6. The van der Waals surface area contributed by atoms with Crippen LogP contribution in [0, 0.1) is 0 Å². The molecule has 0 bridgehead atoms. The lowest BCUT2D eigenvalue weighted by molar-refractivity contribution is 0.435. The first-order valence-electron chi connectivity index (χ1n) is 5.72. The van der Waals surface area contributed by atoms with E-state index in [1.54, 1.807) is 18.2 Å². The Hall–Kier alpha value is -1.77. The molecule has 1 aromatic heterocycles. The van der Waals surface area contributed by atoms with Crippen molar-refractivity contribution >= 4 is 23.2 Å². The number of hydrogen-bond donors (Lipinski definition) is 0. The van der Waals surface area contributed by atoms with Gasteiger partial charge >= 0.3 is 0 Å². The first-order valence-corrected chi connectivity index (χ1v) is 6.48. The zero-order chi connectivity index (χ0) is 13.2. The number of aromatic nitrogens is 1. The molecular weight excluding hydrogens is 281 g/mol. The molecule has 94 valence electrons. The van der Waals surface area contributed by atoms with Crippen LogP contribution in [0.2, 0.25) is 10.0 Å². The summed E-state index contributed by atoms with van der Waals surface area (Å²) < 4.78 is 5.35. The molecule has 0 aliphatic heterocycles. The Balaban J connectivity index is 2.07. The van der Waals surface area contributed by atoms with E-state index in [2.05, 4.69) is 5.16 Å². The van der Waals surface area contributed by atoms with Crippen LogP contribution in [-0.4, -0.2) is 5.16 Å². The van der Waals surface area contributed by atoms with Crippen molar-refractivity contribution in [3.8, 4) is 22.6 Å². The van der Waals surface area contributed by atoms with E-state index < -0.39 is 0 Å². The molecule has 0 N–H and O–H groups in total. The minimum atomic E-state index is 0.556. The molecule has 0 aliphatic carbocycles. The molecule has 0 spiro atoms. The van der Waals surface area contributed by atoms with E-state index >= 15 is 0 Å². The van der Waals surface area contributed by atoms with Gasteiger partial charge in [0, 0.05) is 17.2 Å². The van der Waals surface area contributed by atoms with Gasteiger partial charge in [-0.2, -0.15) is 0 Å². The zero-order valence-corrected chi connectivity index (χ0v) is 11.3. The highest BCUT2D eigenvalue weighted by molar-refractivity contribution is 6.39. The summed E-state index contributed by atoms with van der Waals surface area (Å²) in [4.78, 5) is 0. The number of benzene rings is 2. The van der Waals surface area contributed by atoms with Crippen LogP contribution in [0.5, 0.6) is 0 Å². The lowest BCUT2D eigenvalue weighted by Crippen LogP contribution is -1.80. The third-order valence-electron chi connectivity index (χ3n) is 2.79. The summed E-state index contributed by atoms with van der Waals surface area (Å²) in [5.74, 6) is 0.687. The van der Waals surface area contributed by atoms with E-state index in [1.165, 1.54) is 0 Å². The fraction of sp³-hybridized carbons (Fsp3) is 0. The molecule has 0 amide bonds. The van der Waals surface area contributed by atoms with Crippen LogP contribution < -0.4 is 0 Å². The molecule has 0 saturated heterocycles. The van der Waals surface area contributed by atoms with Crippen molar-refractivity contribution in [1.82, 2.24) is 5.16 Å². The second-order valence-electron chi connectivity index (χ2n) is 4.04. The van der Waals surface area contributed by atoms with E-state index in [-0.39, 0.29) is 0 Å². The van der Waals surface area contributed by atoms with Crippen molar-refractivity contribution in [3.63, 3.8) is 0 Å². The van der Waals surface area contributed by atoms with Crippen molar-refractivity contribution < 1.29 is 4.52 Å². The largest absolute Gasteiger partial charge is 0.356 e. The third kappa shape index (κ3) is 2.37. The smallest absolute Gasteiger partial charge is 0.167 e. The van der Waals surface area contributed by atoms with Gasteiger partial charge in [-0.05, 0) is 12.1 Å². The lowest BCUT2D eigenvalue weighted by atomic mass is 10.1. The van der Waals surface area contributed by atoms with Gasteiger partial charge in [0.1, 0.15) is 5.69 Å². The van der Waals surface area contributed by atoms with Crippen molar-refractivity contribution in [3.05, 3.63) is 64.6 Å². The van der Waals surface area contributed by atoms with E-state index in [0.29, 0.717) is 27.1 Å². The Morgan fingerprint density at radius 1 is 0.842 bits per heavy atom. The summed E-state index contributed by atoms with van der Waals surface area (Å²) >= 11 is 12.3. The topological polar surface area (TPSA) is 26.0 Å². The van der Waals surface area contributed by atoms with E-state index in [9.17, 15) is 0 Å². The summed E-state index contributed by atoms with van der Waals surface area (Å²) in [6.07, 6.45) is 0. The second kappa shape index (κ2) is 5.08. The standard InChI is InChI=1S/C15H9Cl2NO/c16-11-7-4-8-12(17)15(11)13-9-14(19-18-13)10-5-2-1-3-6-10/h1-9H. The number of rotatable bonds is 2. The Labute approximate surface area is 120 Å². The van der Waals surface area contributed by atoms with Crippen LogP contribution in [-0.2, 0) is 0 Å². The van der Waals surface area contributed by atoms with Crippen molar-refractivity contribution in [1.29, 1.82) is 0 Å². The van der Waals surface area contributed by atoms with Crippen LogP contribution >= 0.6 is 23.2 Å². The molecule has 2 nitrogen and oxygen atoms in total. The zero-order valence-electron chi connectivity index (χ0n) is 9.81. The monoisotopic (exact) mass is 289 g/mol. The highest BCUT2D eigenvalue weighted by Crippen LogP contribution is 2.35. The summed E-state index contributed by atoms with van der Waals surface area (Å²) in [7, 11) is 0. The quantitative estimate of drug-likeness (QED) is 0.638. The number of nitrogens with zero attached hydrogens (tertiary/aromatic N) is 1. The van der Waals surface area contributed by atoms with Crippen LogP contribution in [0.25, 0.3) is 22.6 Å². The third-order valence-corrected chi connectivity index (χ3v) is 3.42. The second-order valence-corrected chi connectivity index (χ2v) is 4.85. The lowest BCUT2D eigenvalue weighted by Gasteiger charge is -2.01. The molecule has 3 aromatic rings. The minimum absolute atomic E-state index is 0.556. The Kier molecular flexibility index (Phi) is 3.28. The average Bonchev–Trinajstić information content (AvgIpc) is 2.89. The molecular formula is C15H9Cl2NO. The van der Waals surface area contributed by atoms with Gasteiger partial charge in [0.05, 0.1) is 10.0 Å². The van der Waals surface area contributed by atoms with Gasteiger partial charge in [0.15, 0.2) is 5.76 Å². The SMILES string of the molecule is Clc1cccc(Cl)c1-c1cc(-c2ccccc2)on1. The van der Waals surface area contributed by atoms with Crippen LogP contribution in [0.1, 0.15) is 0 Å². The van der Waals surface area contributed by atoms with Gasteiger partial charge in [-0.1, -0.05) is 64.8 Å². The van der Waals surface area contributed by atoms with Crippen molar-refractivity contribution in [2.24, 2.45) is 0 Å². The first kappa shape index (κ1) is 12.3. The Bertz CT molecular complexity index is 687. The first-order chi connectivity index (χ1) is 9.25. The van der Waals surface area contributed by atoms with E-state index in [4.69, 9.17) is 27.7 Å². The highest BCUT2D eigenvalue weighted by Gasteiger charge is 2.14. The van der Waals surface area contributed by atoms with Crippen LogP contribution in [0.4, 0.5) is 0 Å². The molecule has 3 rings (SSSR count). The summed E-state index contributed by atoms with van der Waals surface area (Å²) in [5.41, 5.74) is 2.29. The Morgan fingerprint density at radius 3 is 2.21 bits per heavy atom. The fourth-order valence-corrected chi connectivity index (χ4v) is 2.47. The van der Waals surface area contributed by atoms with Crippen LogP contribution in [0.15, 0.2) is 59.1 Å². The predicted molar refractivity (Wildman–Crippen MR) is 77.4 cm³/mol. The molecule has 0 fully saturated rings. The number of hydrogen-bond acceptors (Lipinski definition) is 2. The number of halogens is 2. The maximum Gasteiger partial charge on any atom is 0.167 e. The summed E-state index contributed by atoms with van der Waals surface area (Å²) in [6, 6.07) is 16.9. The Morgan fingerprint density at radius 2 is 1.53 bits per heavy atom. The molecule has 19 heavy (non-hydrogen) atoms.